The van der Waals surface area contributed by atoms with Crippen molar-refractivity contribution in [1.29, 1.82) is 0 Å². The Balaban J connectivity index is 1.65. The van der Waals surface area contributed by atoms with E-state index in [1.807, 2.05) is 4.90 Å². The number of hydrogen-bond acceptors (Lipinski definition) is 3. The molecule has 1 amide bonds. The summed E-state index contributed by atoms with van der Waals surface area (Å²) in [6, 6.07) is 0.597. The van der Waals surface area contributed by atoms with Crippen molar-refractivity contribution in [2.75, 3.05) is 32.8 Å². The smallest absolute Gasteiger partial charge is 0.236 e. The van der Waals surface area contributed by atoms with Crippen molar-refractivity contribution in [3.05, 3.63) is 0 Å². The van der Waals surface area contributed by atoms with E-state index in [1.165, 1.54) is 19.3 Å². The van der Waals surface area contributed by atoms with Crippen LogP contribution in [0.25, 0.3) is 0 Å². The van der Waals surface area contributed by atoms with E-state index in [1.54, 1.807) is 0 Å². The maximum atomic E-state index is 11.7. The van der Waals surface area contributed by atoms with Crippen molar-refractivity contribution in [1.82, 2.24) is 10.2 Å². The number of morpholine rings is 1. The molecule has 0 atom stereocenters. The molecule has 1 saturated carbocycles. The van der Waals surface area contributed by atoms with Crippen molar-refractivity contribution < 1.29 is 9.53 Å². The molecule has 4 heteroatoms. The maximum Gasteiger partial charge on any atom is 0.236 e. The number of nitrogens with one attached hydrogen (secondary N) is 1. The molecule has 1 N–H and O–H groups in total. The highest BCUT2D eigenvalue weighted by molar-refractivity contribution is 5.78. The van der Waals surface area contributed by atoms with Crippen molar-refractivity contribution >= 4 is 5.91 Å². The van der Waals surface area contributed by atoms with Gasteiger partial charge in [0.2, 0.25) is 5.91 Å². The second-order valence-corrected chi connectivity index (χ2v) is 4.00. The summed E-state index contributed by atoms with van der Waals surface area (Å²) >= 11 is 0. The number of ether oxygens (including phenoxy) is 1. The normalized spacial score (nSPS) is 23.3. The summed E-state index contributed by atoms with van der Waals surface area (Å²) in [6.45, 7) is 3.39. The van der Waals surface area contributed by atoms with Crippen LogP contribution in [0.15, 0.2) is 0 Å². The Morgan fingerprint density at radius 2 is 2.07 bits per heavy atom. The topological polar surface area (TPSA) is 41.6 Å². The molecule has 0 aromatic carbocycles. The Morgan fingerprint density at radius 1 is 1.36 bits per heavy atom. The number of carbonyl (C=O) groups excluding carboxylic acids is 1. The van der Waals surface area contributed by atoms with Crippen LogP contribution in [0.1, 0.15) is 19.3 Å². The first-order chi connectivity index (χ1) is 6.86. The summed E-state index contributed by atoms with van der Waals surface area (Å²) in [4.78, 5) is 13.5. The van der Waals surface area contributed by atoms with E-state index in [2.05, 4.69) is 5.32 Å². The van der Waals surface area contributed by atoms with Gasteiger partial charge in [-0.15, -0.1) is 0 Å². The summed E-state index contributed by atoms with van der Waals surface area (Å²) in [5, 5.41) is 3.28. The van der Waals surface area contributed by atoms with Gasteiger partial charge >= 0.3 is 0 Å². The van der Waals surface area contributed by atoms with E-state index in [9.17, 15) is 4.79 Å². The Labute approximate surface area is 84.6 Å². The third kappa shape index (κ3) is 2.45. The van der Waals surface area contributed by atoms with Gasteiger partial charge in [0, 0.05) is 19.1 Å². The summed E-state index contributed by atoms with van der Waals surface area (Å²) in [5.41, 5.74) is 0. The SMILES string of the molecule is O=C(CNC1CCC1)N1CCOCC1. The predicted octanol–water partition coefficient (Wildman–Crippen LogP) is -0.0127. The number of rotatable bonds is 3. The molecule has 2 rings (SSSR count). The minimum Gasteiger partial charge on any atom is -0.378 e. The van der Waals surface area contributed by atoms with Gasteiger partial charge in [0.25, 0.3) is 0 Å². The fourth-order valence-electron chi connectivity index (χ4n) is 1.77. The first-order valence-electron chi connectivity index (χ1n) is 5.45. The molecule has 0 bridgehead atoms. The third-order valence-corrected chi connectivity index (χ3v) is 3.01. The lowest BCUT2D eigenvalue weighted by Gasteiger charge is -2.30. The Kier molecular flexibility index (Phi) is 3.37. The van der Waals surface area contributed by atoms with Crippen molar-refractivity contribution in [2.24, 2.45) is 0 Å². The molecule has 0 radical (unpaired) electrons. The molecule has 1 heterocycles. The molecule has 14 heavy (non-hydrogen) atoms. The summed E-state index contributed by atoms with van der Waals surface area (Å²) in [7, 11) is 0. The van der Waals surface area contributed by atoms with Gasteiger partial charge in [-0.2, -0.15) is 0 Å². The van der Waals surface area contributed by atoms with Crippen LogP contribution in [0.2, 0.25) is 0 Å². The minimum absolute atomic E-state index is 0.222. The molecule has 80 valence electrons. The fourth-order valence-corrected chi connectivity index (χ4v) is 1.77. The number of nitrogens with zero attached hydrogens (tertiary/aromatic N) is 1. The largest absolute Gasteiger partial charge is 0.378 e. The van der Waals surface area contributed by atoms with E-state index in [-0.39, 0.29) is 5.91 Å². The van der Waals surface area contributed by atoms with Gasteiger partial charge in [-0.3, -0.25) is 4.79 Å². The standard InChI is InChI=1S/C10H18N2O2/c13-10(8-11-9-2-1-3-9)12-4-6-14-7-5-12/h9,11H,1-8H2. The molecule has 0 spiro atoms. The van der Waals surface area contributed by atoms with Crippen molar-refractivity contribution in [2.45, 2.75) is 25.3 Å². The van der Waals surface area contributed by atoms with E-state index in [0.717, 1.165) is 13.1 Å². The zero-order valence-electron chi connectivity index (χ0n) is 8.50. The first kappa shape index (κ1) is 9.93. The van der Waals surface area contributed by atoms with Crippen LogP contribution < -0.4 is 5.32 Å². The molecule has 0 aromatic rings. The Morgan fingerprint density at radius 3 is 2.64 bits per heavy atom. The molecule has 0 unspecified atom stereocenters. The monoisotopic (exact) mass is 198 g/mol. The highest BCUT2D eigenvalue weighted by atomic mass is 16.5. The van der Waals surface area contributed by atoms with E-state index in [4.69, 9.17) is 4.74 Å². The third-order valence-electron chi connectivity index (χ3n) is 3.01. The fraction of sp³-hybridized carbons (Fsp3) is 0.900. The highest BCUT2D eigenvalue weighted by Gasteiger charge is 2.20. The average molecular weight is 198 g/mol. The van der Waals surface area contributed by atoms with Gasteiger partial charge in [0.15, 0.2) is 0 Å². The second kappa shape index (κ2) is 4.75. The molecule has 2 aliphatic rings. The lowest BCUT2D eigenvalue weighted by molar-refractivity contribution is -0.134. The quantitative estimate of drug-likeness (QED) is 0.693. The molecule has 4 nitrogen and oxygen atoms in total. The van der Waals surface area contributed by atoms with E-state index < -0.39 is 0 Å². The molecular formula is C10H18N2O2. The second-order valence-electron chi connectivity index (χ2n) is 4.00. The minimum atomic E-state index is 0.222. The number of carbonyl (C=O) groups is 1. The molecule has 1 saturated heterocycles. The van der Waals surface area contributed by atoms with Crippen LogP contribution >= 0.6 is 0 Å². The van der Waals surface area contributed by atoms with Crippen LogP contribution in [-0.4, -0.2) is 49.7 Å². The summed E-state index contributed by atoms with van der Waals surface area (Å²) < 4.78 is 5.19. The van der Waals surface area contributed by atoms with Gasteiger partial charge < -0.3 is 15.0 Å². The summed E-state index contributed by atoms with van der Waals surface area (Å²) in [6.07, 6.45) is 3.77. The van der Waals surface area contributed by atoms with E-state index >= 15 is 0 Å². The van der Waals surface area contributed by atoms with Crippen LogP contribution in [0, 0.1) is 0 Å². The highest BCUT2D eigenvalue weighted by Crippen LogP contribution is 2.17. The predicted molar refractivity (Wildman–Crippen MR) is 53.0 cm³/mol. The number of amides is 1. The maximum absolute atomic E-state index is 11.7. The Hall–Kier alpha value is -0.610. The lowest BCUT2D eigenvalue weighted by Crippen LogP contribution is -2.47. The zero-order chi connectivity index (χ0) is 9.80. The van der Waals surface area contributed by atoms with Crippen LogP contribution in [0.4, 0.5) is 0 Å². The van der Waals surface area contributed by atoms with Gasteiger partial charge in [0.1, 0.15) is 0 Å². The van der Waals surface area contributed by atoms with Gasteiger partial charge in [-0.1, -0.05) is 6.42 Å². The number of hydrogen-bond donors (Lipinski definition) is 1. The molecular weight excluding hydrogens is 180 g/mol. The van der Waals surface area contributed by atoms with E-state index in [0.29, 0.717) is 25.8 Å². The van der Waals surface area contributed by atoms with Crippen LogP contribution in [0.3, 0.4) is 0 Å². The van der Waals surface area contributed by atoms with Gasteiger partial charge in [0.05, 0.1) is 19.8 Å². The molecule has 2 fully saturated rings. The Bertz CT molecular complexity index is 198. The van der Waals surface area contributed by atoms with Crippen molar-refractivity contribution in [3.8, 4) is 0 Å². The summed E-state index contributed by atoms with van der Waals surface area (Å²) in [5.74, 6) is 0.222. The molecule has 1 aliphatic heterocycles. The zero-order valence-corrected chi connectivity index (χ0v) is 8.50. The lowest BCUT2D eigenvalue weighted by atomic mass is 9.93. The van der Waals surface area contributed by atoms with Crippen LogP contribution in [0.5, 0.6) is 0 Å². The first-order valence-corrected chi connectivity index (χ1v) is 5.45. The van der Waals surface area contributed by atoms with Crippen molar-refractivity contribution in [3.63, 3.8) is 0 Å². The van der Waals surface area contributed by atoms with Gasteiger partial charge in [-0.05, 0) is 12.8 Å². The van der Waals surface area contributed by atoms with Gasteiger partial charge in [-0.25, -0.2) is 0 Å². The van der Waals surface area contributed by atoms with Crippen LogP contribution in [-0.2, 0) is 9.53 Å². The molecule has 0 aromatic heterocycles. The average Bonchev–Trinajstić information content (AvgIpc) is 2.16. The molecule has 1 aliphatic carbocycles.